The Hall–Kier alpha value is -1.36. The van der Waals surface area contributed by atoms with Gasteiger partial charge >= 0.3 is 0 Å². The summed E-state index contributed by atoms with van der Waals surface area (Å²) in [6, 6.07) is 11.8. The molecule has 0 radical (unpaired) electrons. The monoisotopic (exact) mass is 308 g/mol. The lowest BCUT2D eigenvalue weighted by Crippen LogP contribution is -2.19. The van der Waals surface area contributed by atoms with Gasteiger partial charge in [-0.05, 0) is 36.8 Å². The van der Waals surface area contributed by atoms with E-state index in [0.717, 1.165) is 16.4 Å². The molecule has 0 bridgehead atoms. The number of nitrogens with one attached hydrogen (secondary N) is 2. The standard InChI is InChI=1S/C15H17ClN2OS/c1-10(13-7-8-14(16)20-13)18-9-11-3-5-12(6-4-11)15(19)17-2/h3-8,10,18H,9H2,1-2H3,(H,17,19). The lowest BCUT2D eigenvalue weighted by Gasteiger charge is -2.12. The van der Waals surface area contributed by atoms with Gasteiger partial charge in [-0.15, -0.1) is 11.3 Å². The van der Waals surface area contributed by atoms with E-state index in [1.807, 2.05) is 36.4 Å². The van der Waals surface area contributed by atoms with Crippen molar-refractivity contribution in [3.05, 3.63) is 56.7 Å². The molecule has 0 saturated carbocycles. The maximum Gasteiger partial charge on any atom is 0.251 e. The molecular weight excluding hydrogens is 292 g/mol. The number of carbonyl (C=O) groups excluding carboxylic acids is 1. The van der Waals surface area contributed by atoms with Gasteiger partial charge in [-0.2, -0.15) is 0 Å². The minimum atomic E-state index is -0.0638. The molecule has 2 rings (SSSR count). The molecule has 1 aromatic carbocycles. The Morgan fingerprint density at radius 3 is 2.50 bits per heavy atom. The molecule has 20 heavy (non-hydrogen) atoms. The lowest BCUT2D eigenvalue weighted by molar-refractivity contribution is 0.0963. The molecular formula is C15H17ClN2OS. The molecule has 0 aliphatic heterocycles. The molecule has 1 amide bonds. The van der Waals surface area contributed by atoms with Crippen LogP contribution in [0.4, 0.5) is 0 Å². The van der Waals surface area contributed by atoms with Gasteiger partial charge in [0.1, 0.15) is 0 Å². The number of benzene rings is 1. The summed E-state index contributed by atoms with van der Waals surface area (Å²) in [4.78, 5) is 12.7. The number of hydrogen-bond acceptors (Lipinski definition) is 3. The summed E-state index contributed by atoms with van der Waals surface area (Å²) in [6.07, 6.45) is 0. The van der Waals surface area contributed by atoms with Crippen LogP contribution in [0.2, 0.25) is 4.34 Å². The smallest absolute Gasteiger partial charge is 0.251 e. The Kier molecular flexibility index (Phi) is 5.17. The molecule has 1 heterocycles. The van der Waals surface area contributed by atoms with Gasteiger partial charge in [0.05, 0.1) is 4.34 Å². The second-order valence-corrected chi connectivity index (χ2v) is 6.27. The molecule has 0 aliphatic rings. The van der Waals surface area contributed by atoms with E-state index in [1.165, 1.54) is 4.88 Å². The first-order chi connectivity index (χ1) is 9.60. The van der Waals surface area contributed by atoms with E-state index < -0.39 is 0 Å². The molecule has 106 valence electrons. The lowest BCUT2D eigenvalue weighted by atomic mass is 10.1. The highest BCUT2D eigenvalue weighted by atomic mass is 35.5. The van der Waals surface area contributed by atoms with Crippen molar-refractivity contribution >= 4 is 28.8 Å². The van der Waals surface area contributed by atoms with Gasteiger partial charge in [0, 0.05) is 30.1 Å². The van der Waals surface area contributed by atoms with Crippen LogP contribution in [-0.4, -0.2) is 13.0 Å². The van der Waals surface area contributed by atoms with Crippen LogP contribution in [0.3, 0.4) is 0 Å². The third-order valence-corrected chi connectivity index (χ3v) is 4.49. The van der Waals surface area contributed by atoms with Crippen LogP contribution in [0.25, 0.3) is 0 Å². The van der Waals surface area contributed by atoms with Crippen molar-refractivity contribution in [2.75, 3.05) is 7.05 Å². The van der Waals surface area contributed by atoms with E-state index in [4.69, 9.17) is 11.6 Å². The van der Waals surface area contributed by atoms with Gasteiger partial charge < -0.3 is 10.6 Å². The normalized spacial score (nSPS) is 12.2. The zero-order valence-electron chi connectivity index (χ0n) is 11.4. The summed E-state index contributed by atoms with van der Waals surface area (Å²) in [5, 5.41) is 6.05. The number of carbonyl (C=O) groups is 1. The Morgan fingerprint density at radius 2 is 1.95 bits per heavy atom. The van der Waals surface area contributed by atoms with E-state index in [2.05, 4.69) is 17.6 Å². The molecule has 0 aliphatic carbocycles. The molecule has 2 N–H and O–H groups in total. The van der Waals surface area contributed by atoms with Crippen molar-refractivity contribution < 1.29 is 4.79 Å². The average Bonchev–Trinajstić information content (AvgIpc) is 2.91. The number of hydrogen-bond donors (Lipinski definition) is 2. The third kappa shape index (κ3) is 3.82. The molecule has 1 atom stereocenters. The SMILES string of the molecule is CNC(=O)c1ccc(CNC(C)c2ccc(Cl)s2)cc1. The molecule has 0 fully saturated rings. The maximum absolute atomic E-state index is 11.4. The molecule has 3 nitrogen and oxygen atoms in total. The van der Waals surface area contributed by atoms with Gasteiger partial charge in [0.2, 0.25) is 0 Å². The summed E-state index contributed by atoms with van der Waals surface area (Å²) in [5.74, 6) is -0.0638. The first-order valence-corrected chi connectivity index (χ1v) is 7.59. The first kappa shape index (κ1) is 15.0. The van der Waals surface area contributed by atoms with E-state index in [-0.39, 0.29) is 11.9 Å². The van der Waals surface area contributed by atoms with E-state index >= 15 is 0 Å². The zero-order chi connectivity index (χ0) is 14.5. The summed E-state index contributed by atoms with van der Waals surface area (Å²) in [6.45, 7) is 2.87. The van der Waals surface area contributed by atoms with Crippen molar-refractivity contribution in [3.8, 4) is 0 Å². The van der Waals surface area contributed by atoms with Crippen molar-refractivity contribution in [2.45, 2.75) is 19.5 Å². The number of thiophene rings is 1. The first-order valence-electron chi connectivity index (χ1n) is 6.40. The fourth-order valence-electron chi connectivity index (χ4n) is 1.85. The van der Waals surface area contributed by atoms with Gasteiger partial charge in [-0.3, -0.25) is 4.79 Å². The second-order valence-electron chi connectivity index (χ2n) is 4.52. The highest BCUT2D eigenvalue weighted by Crippen LogP contribution is 2.26. The quantitative estimate of drug-likeness (QED) is 0.886. The predicted octanol–water partition coefficient (Wildman–Crippen LogP) is 3.61. The summed E-state index contributed by atoms with van der Waals surface area (Å²) >= 11 is 7.53. The van der Waals surface area contributed by atoms with Gasteiger partial charge in [0.25, 0.3) is 5.91 Å². The van der Waals surface area contributed by atoms with Gasteiger partial charge in [-0.1, -0.05) is 23.7 Å². The van der Waals surface area contributed by atoms with Crippen LogP contribution in [0.5, 0.6) is 0 Å². The zero-order valence-corrected chi connectivity index (χ0v) is 13.0. The molecule has 0 spiro atoms. The summed E-state index contributed by atoms with van der Waals surface area (Å²) in [5.41, 5.74) is 1.82. The number of halogens is 1. The predicted molar refractivity (Wildman–Crippen MR) is 84.4 cm³/mol. The number of amides is 1. The molecule has 0 saturated heterocycles. The van der Waals surface area contributed by atoms with Crippen LogP contribution in [0.15, 0.2) is 36.4 Å². The van der Waals surface area contributed by atoms with E-state index in [1.54, 1.807) is 18.4 Å². The average molecular weight is 309 g/mol. The third-order valence-electron chi connectivity index (χ3n) is 3.08. The van der Waals surface area contributed by atoms with E-state index in [0.29, 0.717) is 5.56 Å². The highest BCUT2D eigenvalue weighted by molar-refractivity contribution is 7.16. The van der Waals surface area contributed by atoms with Crippen molar-refractivity contribution in [1.29, 1.82) is 0 Å². The maximum atomic E-state index is 11.4. The van der Waals surface area contributed by atoms with Crippen LogP contribution >= 0.6 is 22.9 Å². The van der Waals surface area contributed by atoms with Crippen LogP contribution in [0.1, 0.15) is 33.8 Å². The Balaban J connectivity index is 1.92. The Labute approximate surface area is 128 Å². The molecule has 5 heteroatoms. The molecule has 2 aromatic rings. The fraction of sp³-hybridized carbons (Fsp3) is 0.267. The second kappa shape index (κ2) is 6.88. The van der Waals surface area contributed by atoms with Crippen molar-refractivity contribution in [2.24, 2.45) is 0 Å². The largest absolute Gasteiger partial charge is 0.355 e. The van der Waals surface area contributed by atoms with Crippen molar-refractivity contribution in [3.63, 3.8) is 0 Å². The van der Waals surface area contributed by atoms with Crippen LogP contribution < -0.4 is 10.6 Å². The highest BCUT2D eigenvalue weighted by Gasteiger charge is 2.08. The topological polar surface area (TPSA) is 41.1 Å². The molecule has 1 unspecified atom stereocenters. The van der Waals surface area contributed by atoms with Crippen molar-refractivity contribution in [1.82, 2.24) is 10.6 Å². The fourth-order valence-corrected chi connectivity index (χ4v) is 2.94. The summed E-state index contributed by atoms with van der Waals surface area (Å²) < 4.78 is 0.809. The Morgan fingerprint density at radius 1 is 1.25 bits per heavy atom. The Bertz CT molecular complexity index is 580. The van der Waals surface area contributed by atoms with Gasteiger partial charge in [0.15, 0.2) is 0 Å². The number of rotatable bonds is 5. The van der Waals surface area contributed by atoms with Crippen LogP contribution in [0, 0.1) is 0 Å². The minimum Gasteiger partial charge on any atom is -0.355 e. The van der Waals surface area contributed by atoms with Gasteiger partial charge in [-0.25, -0.2) is 0 Å². The van der Waals surface area contributed by atoms with E-state index in [9.17, 15) is 4.79 Å². The van der Waals surface area contributed by atoms with Crippen LogP contribution in [-0.2, 0) is 6.54 Å². The minimum absolute atomic E-state index is 0.0638. The summed E-state index contributed by atoms with van der Waals surface area (Å²) in [7, 11) is 1.63. The molecule has 1 aromatic heterocycles.